The largest absolute Gasteiger partial charge is 0.381 e. The highest BCUT2D eigenvalue weighted by Gasteiger charge is 2.43. The van der Waals surface area contributed by atoms with Crippen molar-refractivity contribution in [2.75, 3.05) is 37.1 Å². The van der Waals surface area contributed by atoms with E-state index in [1.54, 1.807) is 22.7 Å². The monoisotopic (exact) mass is 700 g/mol. The molecule has 1 aliphatic heterocycles. The number of benzene rings is 2. The van der Waals surface area contributed by atoms with Gasteiger partial charge in [-0.2, -0.15) is 5.26 Å². The molecule has 4 aromatic rings. The number of alkyl halides is 2. The normalized spacial score (nSPS) is 13.5. The van der Waals surface area contributed by atoms with Crippen LogP contribution in [0.3, 0.4) is 0 Å². The van der Waals surface area contributed by atoms with Crippen LogP contribution in [0.1, 0.15) is 24.2 Å². The van der Waals surface area contributed by atoms with Crippen LogP contribution < -0.4 is 0 Å². The molecule has 3 heterocycles. The zero-order valence-electron chi connectivity index (χ0n) is 22.0. The van der Waals surface area contributed by atoms with Crippen LogP contribution in [0.15, 0.2) is 71.4 Å². The molecule has 0 N–H and O–H groups in total. The fourth-order valence-corrected chi connectivity index (χ4v) is 5.93. The Morgan fingerprint density at radius 3 is 1.98 bits per heavy atom. The Morgan fingerprint density at radius 1 is 0.900 bits per heavy atom. The highest BCUT2D eigenvalue weighted by molar-refractivity contribution is 9.09. The zero-order valence-corrected chi connectivity index (χ0v) is 26.8. The van der Waals surface area contributed by atoms with Crippen LogP contribution in [0.2, 0.25) is 0 Å². The maximum atomic E-state index is 8.51. The van der Waals surface area contributed by atoms with E-state index >= 15 is 0 Å². The molecule has 5 rings (SSSR count). The lowest BCUT2D eigenvalue weighted by Gasteiger charge is -2.24. The topological polar surface area (TPSA) is 72.4 Å². The molecule has 0 amide bonds. The minimum Gasteiger partial charge on any atom is -0.381 e. The molecule has 1 aliphatic rings. The summed E-state index contributed by atoms with van der Waals surface area (Å²) in [4.78, 5) is 12.9. The SMILES string of the molecule is BrCCOCCBr.N#CCc1csc(-c2ccccc2)n1.[C-]#[N+]C1(c2csc(-c3ccccc3)n2)CCOCC1. The maximum absolute atomic E-state index is 8.51. The minimum atomic E-state index is -0.470. The van der Waals surface area contributed by atoms with Crippen molar-refractivity contribution in [2.24, 2.45) is 0 Å². The van der Waals surface area contributed by atoms with E-state index in [2.05, 4.69) is 59.9 Å². The predicted molar refractivity (Wildman–Crippen MR) is 171 cm³/mol. The third kappa shape index (κ3) is 9.88. The number of aromatic nitrogens is 2. The summed E-state index contributed by atoms with van der Waals surface area (Å²) in [5, 5.41) is 16.3. The number of halogens is 2. The van der Waals surface area contributed by atoms with E-state index < -0.39 is 5.54 Å². The van der Waals surface area contributed by atoms with Crippen molar-refractivity contribution >= 4 is 54.5 Å². The molecule has 0 atom stereocenters. The van der Waals surface area contributed by atoms with Crippen LogP contribution in [0.25, 0.3) is 26.0 Å². The average Bonchev–Trinajstić information content (AvgIpc) is 3.71. The lowest BCUT2D eigenvalue weighted by molar-refractivity contribution is 0.0636. The predicted octanol–water partition coefficient (Wildman–Crippen LogP) is 8.40. The molecule has 1 fully saturated rings. The first-order valence-electron chi connectivity index (χ1n) is 12.7. The van der Waals surface area contributed by atoms with E-state index in [0.29, 0.717) is 19.6 Å². The summed E-state index contributed by atoms with van der Waals surface area (Å²) in [5.74, 6) is 0. The Kier molecular flexibility index (Phi) is 14.5. The van der Waals surface area contributed by atoms with Crippen LogP contribution in [-0.2, 0) is 21.4 Å². The molecular formula is C30H30Br2N4O2S2. The molecule has 0 bridgehead atoms. The van der Waals surface area contributed by atoms with Gasteiger partial charge in [-0.05, 0) is 0 Å². The number of rotatable bonds is 8. The number of nitriles is 1. The molecule has 40 heavy (non-hydrogen) atoms. The molecule has 0 aliphatic carbocycles. The van der Waals surface area contributed by atoms with Gasteiger partial charge in [-0.1, -0.05) is 92.5 Å². The van der Waals surface area contributed by atoms with E-state index in [0.717, 1.165) is 69.2 Å². The number of hydrogen-bond acceptors (Lipinski definition) is 7. The number of ether oxygens (including phenoxy) is 2. The third-order valence-electron chi connectivity index (χ3n) is 5.81. The molecule has 208 valence electrons. The summed E-state index contributed by atoms with van der Waals surface area (Å²) in [7, 11) is 0. The Bertz CT molecular complexity index is 1340. The second-order valence-electron chi connectivity index (χ2n) is 8.49. The molecule has 0 radical (unpaired) electrons. The van der Waals surface area contributed by atoms with Gasteiger partial charge in [0, 0.05) is 32.5 Å². The molecule has 0 unspecified atom stereocenters. The molecule has 1 saturated heterocycles. The molecule has 0 spiro atoms. The molecule has 6 nitrogen and oxygen atoms in total. The van der Waals surface area contributed by atoms with Gasteiger partial charge in [-0.25, -0.2) is 16.5 Å². The van der Waals surface area contributed by atoms with E-state index in [1.165, 1.54) is 0 Å². The van der Waals surface area contributed by atoms with Gasteiger partial charge in [0.05, 0.1) is 57.5 Å². The van der Waals surface area contributed by atoms with E-state index in [4.69, 9.17) is 26.3 Å². The fourth-order valence-electron chi connectivity index (χ4n) is 3.73. The highest BCUT2D eigenvalue weighted by atomic mass is 79.9. The van der Waals surface area contributed by atoms with Crippen molar-refractivity contribution in [1.82, 2.24) is 9.97 Å². The minimum absolute atomic E-state index is 0.392. The summed E-state index contributed by atoms with van der Waals surface area (Å²) in [6.07, 6.45) is 1.88. The van der Waals surface area contributed by atoms with Gasteiger partial charge in [-0.15, -0.1) is 22.7 Å². The third-order valence-corrected chi connectivity index (χ3v) is 8.29. The molecule has 2 aromatic carbocycles. The van der Waals surface area contributed by atoms with Crippen molar-refractivity contribution in [1.29, 1.82) is 5.26 Å². The zero-order chi connectivity index (χ0) is 28.5. The van der Waals surface area contributed by atoms with Gasteiger partial charge in [0.2, 0.25) is 0 Å². The molecule has 2 aromatic heterocycles. The van der Waals surface area contributed by atoms with Crippen molar-refractivity contribution in [3.05, 3.63) is 94.2 Å². The summed E-state index contributed by atoms with van der Waals surface area (Å²) < 4.78 is 10.4. The van der Waals surface area contributed by atoms with Gasteiger partial charge in [0.25, 0.3) is 5.54 Å². The lowest BCUT2D eigenvalue weighted by atomic mass is 9.88. The number of nitrogens with zero attached hydrogens (tertiary/aromatic N) is 4. The standard InChI is InChI=1S/C15H14N2OS.C11H8N2S.C4H8Br2O/c1-16-15(7-9-18-10-8-15)13-11-19-14(17-13)12-5-3-2-4-6-12;12-7-6-10-8-14-11(13-10)9-4-2-1-3-5-9;5-1-3-7-4-2-6/h2-6,11H,7-10H2;1-5,8H,6H2;1-4H2. The second kappa shape index (κ2) is 18.1. The Hall–Kier alpha value is -2.44. The molecule has 0 saturated carbocycles. The highest BCUT2D eigenvalue weighted by Crippen LogP contribution is 2.38. The van der Waals surface area contributed by atoms with Crippen molar-refractivity contribution in [2.45, 2.75) is 24.8 Å². The van der Waals surface area contributed by atoms with E-state index in [1.807, 2.05) is 59.3 Å². The average molecular weight is 703 g/mol. The van der Waals surface area contributed by atoms with Crippen molar-refractivity contribution in [3.63, 3.8) is 0 Å². The molecule has 10 heteroatoms. The van der Waals surface area contributed by atoms with Gasteiger partial charge in [0.15, 0.2) is 0 Å². The Morgan fingerprint density at radius 2 is 1.45 bits per heavy atom. The first-order valence-corrected chi connectivity index (χ1v) is 16.7. The Balaban J connectivity index is 0.000000185. The van der Waals surface area contributed by atoms with Gasteiger partial charge < -0.3 is 14.3 Å². The van der Waals surface area contributed by atoms with Crippen LogP contribution in [0.4, 0.5) is 0 Å². The van der Waals surface area contributed by atoms with Gasteiger partial charge in [0.1, 0.15) is 15.7 Å². The molecular weight excluding hydrogens is 672 g/mol. The Labute approximate surface area is 261 Å². The second-order valence-corrected chi connectivity index (χ2v) is 11.8. The number of hydrogen-bond donors (Lipinski definition) is 0. The van der Waals surface area contributed by atoms with E-state index in [9.17, 15) is 0 Å². The number of thiazole rings is 2. The summed E-state index contributed by atoms with van der Waals surface area (Å²) in [5.41, 5.74) is 3.53. The summed E-state index contributed by atoms with van der Waals surface area (Å²) >= 11 is 9.67. The lowest BCUT2D eigenvalue weighted by Crippen LogP contribution is -2.30. The van der Waals surface area contributed by atoms with Gasteiger partial charge >= 0.3 is 0 Å². The van der Waals surface area contributed by atoms with Crippen LogP contribution in [0.5, 0.6) is 0 Å². The smallest absolute Gasteiger partial charge is 0.279 e. The first-order chi connectivity index (χ1) is 19.7. The van der Waals surface area contributed by atoms with Crippen molar-refractivity contribution in [3.8, 4) is 27.2 Å². The van der Waals surface area contributed by atoms with E-state index in [-0.39, 0.29) is 0 Å². The maximum Gasteiger partial charge on any atom is 0.279 e. The summed E-state index contributed by atoms with van der Waals surface area (Å²) in [6.45, 7) is 10.5. The summed E-state index contributed by atoms with van der Waals surface area (Å²) in [6, 6.07) is 22.2. The van der Waals surface area contributed by atoms with Crippen molar-refractivity contribution < 1.29 is 9.47 Å². The first kappa shape index (κ1) is 32.1. The fraction of sp³-hybridized carbons (Fsp3) is 0.333. The van der Waals surface area contributed by atoms with Crippen LogP contribution in [0, 0.1) is 17.9 Å². The van der Waals surface area contributed by atoms with Crippen LogP contribution in [-0.4, -0.2) is 47.1 Å². The van der Waals surface area contributed by atoms with Gasteiger partial charge in [-0.3, -0.25) is 0 Å². The van der Waals surface area contributed by atoms with Crippen LogP contribution >= 0.6 is 54.5 Å². The quantitative estimate of drug-likeness (QED) is 0.105.